The summed E-state index contributed by atoms with van der Waals surface area (Å²) < 4.78 is 54.6. The molecule has 9 aliphatic rings. The third kappa shape index (κ3) is 7.97. The Balaban J connectivity index is 0.858. The standard InChI is InChI=1S/C46H72O17/c1-20-9-14-46(56-18-20)21(2)32-30(63-46)16-28-26-8-7-24-15-25(10-12-44(24,5)27(26)11-13-45(28,32)6)59-42-37(54)39(34(51)31(17-47)60-42)61-43-40(33(50)29(49)19-55-43)62-41-36(53)35(52)38(22(3)57-41)58-23(4)48/h7,20-22,25-43,47,49-54H,8-19H2,1-6H3/t20-,21-,22+,25+,26+,27-,28-,29+,30-,31+,32-,33-,34+,35+,36+,37+,38+,39-,40+,41-,42+,43-,44+,45-,46+/m1/s1. The van der Waals surface area contributed by atoms with Gasteiger partial charge in [-0.1, -0.05) is 39.3 Å². The third-order valence-corrected chi connectivity index (χ3v) is 17.6. The highest BCUT2D eigenvalue weighted by atomic mass is 16.8. The van der Waals surface area contributed by atoms with E-state index >= 15 is 0 Å². The molecule has 5 aliphatic heterocycles. The third-order valence-electron chi connectivity index (χ3n) is 17.6. The van der Waals surface area contributed by atoms with Crippen molar-refractivity contribution in [3.63, 3.8) is 0 Å². The average molecular weight is 897 g/mol. The van der Waals surface area contributed by atoms with E-state index in [4.69, 9.17) is 42.6 Å². The van der Waals surface area contributed by atoms with E-state index in [-0.39, 0.29) is 23.0 Å². The smallest absolute Gasteiger partial charge is 0.303 e. The number of rotatable bonds is 8. The SMILES string of the molecule is CC(=O)O[C@@H]1[C@@H](O)[C@H](O)[C@@H](O[C@@H]2[C@@H](O[C@H]3[C@H](O)[C@@H](O[C@H]4CC[C@@]5(C)C(=CC[C@@H]6[C@H]7C[C@H]8O[C@@]9(CC[C@@H](C)CO9)[C@H](C)[C@H]8[C@]7(C)CC[C@H]65)C4)O[C@@H](CO)[C@@H]3O)OC[C@H](O)[C@H]2O)O[C@H]1C. The van der Waals surface area contributed by atoms with Crippen LogP contribution in [0.25, 0.3) is 0 Å². The predicted molar refractivity (Wildman–Crippen MR) is 218 cm³/mol. The highest BCUT2D eigenvalue weighted by Gasteiger charge is 2.69. The zero-order valence-electron chi connectivity index (χ0n) is 37.5. The van der Waals surface area contributed by atoms with E-state index in [1.54, 1.807) is 0 Å². The summed E-state index contributed by atoms with van der Waals surface area (Å²) in [5, 5.41) is 76.6. The molecule has 4 aliphatic carbocycles. The molecule has 9 rings (SSSR count). The normalized spacial score (nSPS) is 55.6. The molecule has 3 saturated carbocycles. The molecule has 17 nitrogen and oxygen atoms in total. The van der Waals surface area contributed by atoms with Gasteiger partial charge < -0.3 is 78.4 Å². The molecule has 5 heterocycles. The number of aliphatic hydroxyl groups is 7. The Morgan fingerprint density at radius 2 is 1.54 bits per heavy atom. The van der Waals surface area contributed by atoms with Gasteiger partial charge in [-0.05, 0) is 98.7 Å². The van der Waals surface area contributed by atoms with Gasteiger partial charge in [-0.3, -0.25) is 4.79 Å². The van der Waals surface area contributed by atoms with Crippen LogP contribution in [-0.2, 0) is 47.4 Å². The Morgan fingerprint density at radius 3 is 2.25 bits per heavy atom. The number of hydrogen-bond acceptors (Lipinski definition) is 17. The molecule has 0 radical (unpaired) electrons. The van der Waals surface area contributed by atoms with Gasteiger partial charge in [0.2, 0.25) is 0 Å². The summed E-state index contributed by atoms with van der Waals surface area (Å²) in [5.74, 6) is 2.00. The minimum absolute atomic E-state index is 0.00317. The summed E-state index contributed by atoms with van der Waals surface area (Å²) in [6.45, 7) is 12.0. The molecule has 0 aromatic rings. The fourth-order valence-electron chi connectivity index (χ4n) is 14.1. The first-order valence-electron chi connectivity index (χ1n) is 23.7. The number of carbonyl (C=O) groups is 1. The Hall–Kier alpha value is -1.39. The molecule has 0 unspecified atom stereocenters. The molecule has 1 spiro atoms. The molecule has 8 fully saturated rings. The lowest BCUT2D eigenvalue weighted by Gasteiger charge is -2.58. The lowest BCUT2D eigenvalue weighted by Crippen LogP contribution is -2.65. The second kappa shape index (κ2) is 17.6. The van der Waals surface area contributed by atoms with Crippen LogP contribution in [0.2, 0.25) is 0 Å². The van der Waals surface area contributed by atoms with E-state index in [1.807, 2.05) is 0 Å². The van der Waals surface area contributed by atoms with Gasteiger partial charge in [0, 0.05) is 19.3 Å². The van der Waals surface area contributed by atoms with E-state index in [0.717, 1.165) is 52.1 Å². The molecule has 7 N–H and O–H groups in total. The van der Waals surface area contributed by atoms with Crippen molar-refractivity contribution in [2.75, 3.05) is 19.8 Å². The topological polar surface area (TPSA) is 242 Å². The number of fused-ring (bicyclic) bond motifs is 7. The largest absolute Gasteiger partial charge is 0.457 e. The molecule has 0 amide bonds. The van der Waals surface area contributed by atoms with Crippen LogP contribution in [-0.4, -0.2) is 166 Å². The first kappa shape index (κ1) is 46.7. The maximum absolute atomic E-state index is 11.7. The second-order valence-corrected chi connectivity index (χ2v) is 21.2. The molecule has 17 heteroatoms. The molecule has 63 heavy (non-hydrogen) atoms. The van der Waals surface area contributed by atoms with Gasteiger partial charge in [0.1, 0.15) is 54.9 Å². The van der Waals surface area contributed by atoms with E-state index in [2.05, 4.69) is 33.8 Å². The Kier molecular flexibility index (Phi) is 13.1. The minimum Gasteiger partial charge on any atom is -0.457 e. The number of allylic oxidation sites excluding steroid dienone is 1. The van der Waals surface area contributed by atoms with Gasteiger partial charge in [0.25, 0.3) is 0 Å². The molecule has 358 valence electrons. The fourth-order valence-corrected chi connectivity index (χ4v) is 14.1. The van der Waals surface area contributed by atoms with E-state index < -0.39 is 111 Å². The van der Waals surface area contributed by atoms with Crippen molar-refractivity contribution < 1.29 is 83.2 Å². The van der Waals surface area contributed by atoms with Gasteiger partial charge in [-0.2, -0.15) is 0 Å². The summed E-state index contributed by atoms with van der Waals surface area (Å²) in [6.07, 6.45) is -9.43. The van der Waals surface area contributed by atoms with Gasteiger partial charge in [0.15, 0.2) is 30.8 Å². The van der Waals surface area contributed by atoms with Crippen molar-refractivity contribution >= 4 is 5.97 Å². The van der Waals surface area contributed by atoms with Crippen molar-refractivity contribution in [1.29, 1.82) is 0 Å². The summed E-state index contributed by atoms with van der Waals surface area (Å²) in [7, 11) is 0. The summed E-state index contributed by atoms with van der Waals surface area (Å²) in [5.41, 5.74) is 1.57. The zero-order valence-corrected chi connectivity index (χ0v) is 37.5. The maximum Gasteiger partial charge on any atom is 0.303 e. The minimum atomic E-state index is -1.76. The van der Waals surface area contributed by atoms with Crippen molar-refractivity contribution in [2.24, 2.45) is 46.3 Å². The van der Waals surface area contributed by atoms with Crippen LogP contribution in [0, 0.1) is 46.3 Å². The predicted octanol–water partition coefficient (Wildman–Crippen LogP) is 1.42. The first-order chi connectivity index (χ1) is 29.9. The molecule has 25 atom stereocenters. The summed E-state index contributed by atoms with van der Waals surface area (Å²) in [4.78, 5) is 11.6. The molecule has 0 bridgehead atoms. The number of aliphatic hydroxyl groups excluding tert-OH is 7. The van der Waals surface area contributed by atoms with Crippen molar-refractivity contribution in [3.05, 3.63) is 11.6 Å². The number of carbonyl (C=O) groups excluding carboxylic acids is 1. The number of ether oxygens (including phenoxy) is 9. The highest BCUT2D eigenvalue weighted by molar-refractivity contribution is 5.66. The van der Waals surface area contributed by atoms with Crippen molar-refractivity contribution in [1.82, 2.24) is 0 Å². The first-order valence-corrected chi connectivity index (χ1v) is 23.7. The van der Waals surface area contributed by atoms with Gasteiger partial charge >= 0.3 is 5.97 Å². The number of esters is 1. The van der Waals surface area contributed by atoms with Crippen LogP contribution in [0.3, 0.4) is 0 Å². The second-order valence-electron chi connectivity index (χ2n) is 21.2. The molecular weight excluding hydrogens is 824 g/mol. The van der Waals surface area contributed by atoms with Crippen LogP contribution in [0.5, 0.6) is 0 Å². The van der Waals surface area contributed by atoms with Crippen LogP contribution < -0.4 is 0 Å². The van der Waals surface area contributed by atoms with Crippen molar-refractivity contribution in [2.45, 2.75) is 203 Å². The fraction of sp³-hybridized carbons (Fsp3) is 0.935. The van der Waals surface area contributed by atoms with Gasteiger partial charge in [-0.15, -0.1) is 0 Å². The molecule has 0 aromatic heterocycles. The van der Waals surface area contributed by atoms with Crippen molar-refractivity contribution in [3.8, 4) is 0 Å². The van der Waals surface area contributed by atoms with E-state index in [0.29, 0.717) is 48.3 Å². The van der Waals surface area contributed by atoms with Crippen LogP contribution in [0.1, 0.15) is 99.3 Å². The Morgan fingerprint density at radius 1 is 0.794 bits per heavy atom. The van der Waals surface area contributed by atoms with Crippen LogP contribution in [0.4, 0.5) is 0 Å². The van der Waals surface area contributed by atoms with E-state index in [9.17, 15) is 40.5 Å². The van der Waals surface area contributed by atoms with Gasteiger partial charge in [0.05, 0.1) is 38.1 Å². The quantitative estimate of drug-likeness (QED) is 0.135. The monoisotopic (exact) mass is 896 g/mol. The molecule has 5 saturated heterocycles. The number of hydrogen-bond donors (Lipinski definition) is 7. The molecular formula is C46H72O17. The molecule has 0 aromatic carbocycles. The lowest BCUT2D eigenvalue weighted by atomic mass is 9.47. The Labute approximate surface area is 369 Å². The maximum atomic E-state index is 11.7. The van der Waals surface area contributed by atoms with E-state index in [1.165, 1.54) is 18.9 Å². The Bertz CT molecular complexity index is 1670. The van der Waals surface area contributed by atoms with Crippen LogP contribution in [0.15, 0.2) is 11.6 Å². The summed E-state index contributed by atoms with van der Waals surface area (Å²) >= 11 is 0. The lowest BCUT2D eigenvalue weighted by molar-refractivity contribution is -0.379. The highest BCUT2D eigenvalue weighted by Crippen LogP contribution is 2.70. The summed E-state index contributed by atoms with van der Waals surface area (Å²) in [6, 6.07) is 0. The van der Waals surface area contributed by atoms with Crippen LogP contribution >= 0.6 is 0 Å². The average Bonchev–Trinajstić information content (AvgIpc) is 3.70. The zero-order chi connectivity index (χ0) is 44.9. The van der Waals surface area contributed by atoms with Gasteiger partial charge in [-0.25, -0.2) is 0 Å².